The van der Waals surface area contributed by atoms with Crippen molar-refractivity contribution in [2.75, 3.05) is 61.3 Å². The summed E-state index contributed by atoms with van der Waals surface area (Å²) < 4.78 is 32.5. The fourth-order valence-electron chi connectivity index (χ4n) is 3.11. The Labute approximate surface area is 190 Å². The van der Waals surface area contributed by atoms with E-state index in [9.17, 15) is 5.11 Å². The first kappa shape index (κ1) is 25.7. The van der Waals surface area contributed by atoms with E-state index in [0.717, 1.165) is 17.5 Å². The Hall–Kier alpha value is -2.52. The maximum absolute atomic E-state index is 10.3. The summed E-state index contributed by atoms with van der Waals surface area (Å²) in [7, 11) is 6.41. The van der Waals surface area contributed by atoms with Crippen LogP contribution in [0.1, 0.15) is 11.1 Å². The Kier molecular flexibility index (Phi) is 11.7. The van der Waals surface area contributed by atoms with Crippen LogP contribution in [-0.4, -0.2) is 72.6 Å². The van der Waals surface area contributed by atoms with Gasteiger partial charge in [-0.25, -0.2) is 0 Å². The maximum Gasteiger partial charge on any atom is 0.203 e. The Morgan fingerprint density at radius 1 is 0.906 bits per heavy atom. The molecule has 2 rings (SSSR count). The van der Waals surface area contributed by atoms with E-state index >= 15 is 0 Å². The van der Waals surface area contributed by atoms with Crippen LogP contribution in [0.4, 0.5) is 0 Å². The predicted molar refractivity (Wildman–Crippen MR) is 122 cm³/mol. The highest BCUT2D eigenvalue weighted by atomic mass is 16.5. The van der Waals surface area contributed by atoms with E-state index < -0.39 is 6.10 Å². The second-order valence-electron chi connectivity index (χ2n) is 7.11. The van der Waals surface area contributed by atoms with Crippen LogP contribution in [-0.2, 0) is 22.5 Å². The molecule has 1 unspecified atom stereocenters. The van der Waals surface area contributed by atoms with Crippen LogP contribution in [0.15, 0.2) is 36.4 Å². The van der Waals surface area contributed by atoms with Crippen molar-refractivity contribution in [3.8, 4) is 23.0 Å². The smallest absolute Gasteiger partial charge is 0.203 e. The molecule has 0 aromatic heterocycles. The van der Waals surface area contributed by atoms with Crippen LogP contribution in [0, 0.1) is 0 Å². The van der Waals surface area contributed by atoms with Crippen molar-refractivity contribution in [3.63, 3.8) is 0 Å². The first-order chi connectivity index (χ1) is 15.6. The van der Waals surface area contributed by atoms with Gasteiger partial charge in [0, 0.05) is 19.2 Å². The number of methoxy groups -OCH3 is 4. The normalized spacial score (nSPS) is 11.8. The minimum absolute atomic E-state index is 0.187. The third-order valence-electron chi connectivity index (χ3n) is 4.79. The van der Waals surface area contributed by atoms with Gasteiger partial charge >= 0.3 is 0 Å². The summed E-state index contributed by atoms with van der Waals surface area (Å²) in [5, 5.41) is 13.5. The first-order valence-corrected chi connectivity index (χ1v) is 10.6. The van der Waals surface area contributed by atoms with Gasteiger partial charge in [-0.2, -0.15) is 0 Å². The monoisotopic (exact) mass is 449 g/mol. The number of nitrogens with one attached hydrogen (secondary N) is 1. The summed E-state index contributed by atoms with van der Waals surface area (Å²) in [5.41, 5.74) is 1.98. The number of aliphatic hydroxyl groups excluding tert-OH is 1. The average molecular weight is 450 g/mol. The van der Waals surface area contributed by atoms with E-state index in [1.54, 1.807) is 28.4 Å². The standard InChI is InChI=1S/C24H35NO7/c1-27-11-12-31-16-19-7-5-6-8-21(19)32-17-20(26)15-25-10-9-18-13-22(28-2)24(30-4)23(14-18)29-3/h5-8,13-14,20,25-26H,9-12,15-17H2,1-4H3. The van der Waals surface area contributed by atoms with Crippen LogP contribution < -0.4 is 24.3 Å². The topological polar surface area (TPSA) is 87.6 Å². The lowest BCUT2D eigenvalue weighted by molar-refractivity contribution is 0.0591. The molecule has 0 aliphatic rings. The molecule has 0 radical (unpaired) electrons. The summed E-state index contributed by atoms with van der Waals surface area (Å²) in [6, 6.07) is 11.5. The van der Waals surface area contributed by atoms with Gasteiger partial charge in [0.25, 0.3) is 0 Å². The Bertz CT molecular complexity index is 775. The Morgan fingerprint density at radius 2 is 1.62 bits per heavy atom. The van der Waals surface area contributed by atoms with Gasteiger partial charge in [0.1, 0.15) is 18.5 Å². The van der Waals surface area contributed by atoms with E-state index in [0.29, 0.717) is 55.9 Å². The molecule has 2 aromatic carbocycles. The van der Waals surface area contributed by atoms with Gasteiger partial charge in [0.2, 0.25) is 5.75 Å². The first-order valence-electron chi connectivity index (χ1n) is 10.6. The number of hydrogen-bond acceptors (Lipinski definition) is 8. The number of aliphatic hydroxyl groups is 1. The van der Waals surface area contributed by atoms with Crippen LogP contribution in [0.25, 0.3) is 0 Å². The summed E-state index contributed by atoms with van der Waals surface area (Å²) >= 11 is 0. The van der Waals surface area contributed by atoms with Gasteiger partial charge in [-0.15, -0.1) is 0 Å². The predicted octanol–water partition coefficient (Wildman–Crippen LogP) is 2.45. The molecule has 0 saturated heterocycles. The number of rotatable bonds is 16. The van der Waals surface area contributed by atoms with Gasteiger partial charge in [-0.3, -0.25) is 0 Å². The molecule has 2 N–H and O–H groups in total. The molecular formula is C24H35NO7. The zero-order chi connectivity index (χ0) is 23.2. The summed E-state index contributed by atoms with van der Waals surface area (Å²) in [4.78, 5) is 0. The van der Waals surface area contributed by atoms with Crippen LogP contribution in [0.3, 0.4) is 0 Å². The lowest BCUT2D eigenvalue weighted by Gasteiger charge is -2.16. The zero-order valence-electron chi connectivity index (χ0n) is 19.4. The third kappa shape index (κ3) is 8.20. The van der Waals surface area contributed by atoms with E-state index in [-0.39, 0.29) is 6.61 Å². The molecule has 32 heavy (non-hydrogen) atoms. The lowest BCUT2D eigenvalue weighted by Crippen LogP contribution is -2.32. The van der Waals surface area contributed by atoms with Crippen molar-refractivity contribution in [1.82, 2.24) is 5.32 Å². The maximum atomic E-state index is 10.3. The van der Waals surface area contributed by atoms with Gasteiger partial charge in [0.15, 0.2) is 11.5 Å². The minimum atomic E-state index is -0.641. The number of ether oxygens (including phenoxy) is 6. The second-order valence-corrected chi connectivity index (χ2v) is 7.11. The van der Waals surface area contributed by atoms with Crippen molar-refractivity contribution >= 4 is 0 Å². The van der Waals surface area contributed by atoms with E-state index in [1.165, 1.54) is 0 Å². The summed E-state index contributed by atoms with van der Waals surface area (Å²) in [6.45, 7) is 2.78. The largest absolute Gasteiger partial charge is 0.493 e. The molecule has 8 heteroatoms. The summed E-state index contributed by atoms with van der Waals surface area (Å²) in [5.74, 6) is 2.53. The molecule has 0 fully saturated rings. The van der Waals surface area contributed by atoms with E-state index in [1.807, 2.05) is 36.4 Å². The fraction of sp³-hybridized carbons (Fsp3) is 0.500. The zero-order valence-corrected chi connectivity index (χ0v) is 19.4. The third-order valence-corrected chi connectivity index (χ3v) is 4.79. The van der Waals surface area contributed by atoms with Crippen molar-refractivity contribution in [2.45, 2.75) is 19.1 Å². The molecule has 0 saturated carbocycles. The molecule has 0 aliphatic carbocycles. The molecule has 1 atom stereocenters. The fourth-order valence-corrected chi connectivity index (χ4v) is 3.11. The highest BCUT2D eigenvalue weighted by Crippen LogP contribution is 2.38. The average Bonchev–Trinajstić information content (AvgIpc) is 2.83. The Morgan fingerprint density at radius 3 is 2.28 bits per heavy atom. The number of hydrogen-bond donors (Lipinski definition) is 2. The van der Waals surface area contributed by atoms with Crippen LogP contribution in [0.5, 0.6) is 23.0 Å². The minimum Gasteiger partial charge on any atom is -0.493 e. The highest BCUT2D eigenvalue weighted by molar-refractivity contribution is 5.53. The van der Waals surface area contributed by atoms with Crippen LogP contribution >= 0.6 is 0 Å². The van der Waals surface area contributed by atoms with E-state index in [4.69, 9.17) is 28.4 Å². The number of benzene rings is 2. The molecule has 178 valence electrons. The number of para-hydroxylation sites is 1. The molecule has 0 spiro atoms. The molecule has 0 heterocycles. The van der Waals surface area contributed by atoms with Gasteiger partial charge in [-0.05, 0) is 36.7 Å². The molecular weight excluding hydrogens is 414 g/mol. The quantitative estimate of drug-likeness (QED) is 0.378. The molecule has 0 bridgehead atoms. The van der Waals surface area contributed by atoms with Crippen molar-refractivity contribution < 1.29 is 33.5 Å². The van der Waals surface area contributed by atoms with Gasteiger partial charge in [0.05, 0.1) is 41.2 Å². The lowest BCUT2D eigenvalue weighted by atomic mass is 10.1. The highest BCUT2D eigenvalue weighted by Gasteiger charge is 2.13. The molecule has 2 aromatic rings. The molecule has 8 nitrogen and oxygen atoms in total. The van der Waals surface area contributed by atoms with Crippen molar-refractivity contribution in [2.24, 2.45) is 0 Å². The Balaban J connectivity index is 1.76. The van der Waals surface area contributed by atoms with Crippen molar-refractivity contribution in [1.29, 1.82) is 0 Å². The van der Waals surface area contributed by atoms with Gasteiger partial charge < -0.3 is 38.8 Å². The van der Waals surface area contributed by atoms with E-state index in [2.05, 4.69) is 5.32 Å². The molecule has 0 aliphatic heterocycles. The van der Waals surface area contributed by atoms with Crippen molar-refractivity contribution in [3.05, 3.63) is 47.5 Å². The molecule has 0 amide bonds. The SMILES string of the molecule is COCCOCc1ccccc1OCC(O)CNCCc1cc(OC)c(OC)c(OC)c1. The van der Waals surface area contributed by atoms with Crippen LogP contribution in [0.2, 0.25) is 0 Å². The second kappa shape index (κ2) is 14.5. The summed E-state index contributed by atoms with van der Waals surface area (Å²) in [6.07, 6.45) is 0.101. The van der Waals surface area contributed by atoms with Gasteiger partial charge in [-0.1, -0.05) is 18.2 Å².